The predicted molar refractivity (Wildman–Crippen MR) is 176 cm³/mol. The van der Waals surface area contributed by atoms with Gasteiger partial charge in [0.05, 0.1) is 10.3 Å². The molecule has 0 aliphatic carbocycles. The number of thioether (sulfide) groups is 1. The normalized spacial score (nSPS) is 20.4. The molecular weight excluding hydrogens is 617 g/mol. The number of hydrogen-bond acceptors (Lipinski definition) is 9. The van der Waals surface area contributed by atoms with Crippen LogP contribution in [0.25, 0.3) is 0 Å². The lowest BCUT2D eigenvalue weighted by atomic mass is 10.0. The molecule has 0 saturated carbocycles. The third-order valence-corrected chi connectivity index (χ3v) is 11.1. The number of carboxylic acids is 1. The second-order valence-corrected chi connectivity index (χ2v) is 15.4. The van der Waals surface area contributed by atoms with Crippen molar-refractivity contribution >= 4 is 51.2 Å². The van der Waals surface area contributed by atoms with Crippen LogP contribution in [0.15, 0.2) is 64.5 Å². The van der Waals surface area contributed by atoms with Crippen LogP contribution < -0.4 is 21.3 Å². The maximum absolute atomic E-state index is 13.6. The highest BCUT2D eigenvalue weighted by molar-refractivity contribution is 8.02. The molecule has 4 rings (SSSR count). The lowest BCUT2D eigenvalue weighted by Gasteiger charge is -2.31. The molecule has 0 bridgehead atoms. The van der Waals surface area contributed by atoms with Crippen LogP contribution in [0.4, 0.5) is 5.69 Å². The number of rotatable bonds is 13. The molecule has 2 aromatic rings. The van der Waals surface area contributed by atoms with Crippen LogP contribution in [-0.4, -0.2) is 83.4 Å². The number of guanidine groups is 1. The molecule has 1 saturated heterocycles. The van der Waals surface area contributed by atoms with E-state index >= 15 is 0 Å². The van der Waals surface area contributed by atoms with E-state index in [-0.39, 0.29) is 17.2 Å². The van der Waals surface area contributed by atoms with Gasteiger partial charge in [0.25, 0.3) is 0 Å². The van der Waals surface area contributed by atoms with E-state index in [0.29, 0.717) is 24.1 Å². The van der Waals surface area contributed by atoms with Crippen molar-refractivity contribution in [2.75, 3.05) is 25.0 Å². The van der Waals surface area contributed by atoms with E-state index in [4.69, 9.17) is 0 Å². The lowest BCUT2D eigenvalue weighted by Crippen LogP contribution is -2.57. The fourth-order valence-electron chi connectivity index (χ4n) is 5.45. The summed E-state index contributed by atoms with van der Waals surface area (Å²) < 4.78 is 27.5. The molecule has 1 fully saturated rings. The Bertz CT molecular complexity index is 1480. The van der Waals surface area contributed by atoms with E-state index in [9.17, 15) is 27.9 Å². The van der Waals surface area contributed by atoms with E-state index < -0.39 is 44.1 Å². The highest BCUT2D eigenvalue weighted by atomic mass is 32.2. The summed E-state index contributed by atoms with van der Waals surface area (Å²) in [5, 5.41) is 21.3. The number of nitrogens with zero attached hydrogens (tertiary/aromatic N) is 2. The Hall–Kier alpha value is -3.62. The SMILES string of the molecule is CC1SC(C)(C)[C@@H](C(=O)N[C@@H](Cc2ccc(NC(=O)CCCCNC3=NCCCN3)cc2)C(=O)O)N1S(=O)(=O)c1ccccc1. The topological polar surface area (TPSA) is 169 Å². The van der Waals surface area contributed by atoms with Gasteiger partial charge < -0.3 is 26.4 Å². The van der Waals surface area contributed by atoms with Gasteiger partial charge in [-0.2, -0.15) is 4.31 Å². The van der Waals surface area contributed by atoms with Crippen LogP contribution in [0.3, 0.4) is 0 Å². The maximum Gasteiger partial charge on any atom is 0.326 e. The molecule has 244 valence electrons. The standard InChI is InChI=1S/C31H42N6O6S2/c1-21-37(45(42,43)24-10-5-4-6-11-24)27(31(2,3)44-21)28(39)36-25(29(40)41)20-22-13-15-23(16-14-22)35-26(38)12-7-8-17-32-30-33-18-9-19-34-30/h4-6,10-11,13-16,21,25,27H,7-9,12,17-20H2,1-3H3,(H,35,38)(H,36,39)(H,40,41)(H2,32,33,34)/t21?,25-,27+/m0/s1. The van der Waals surface area contributed by atoms with Gasteiger partial charge in [0.2, 0.25) is 21.8 Å². The molecule has 12 nitrogen and oxygen atoms in total. The number of sulfonamides is 1. The summed E-state index contributed by atoms with van der Waals surface area (Å²) in [6, 6.07) is 12.2. The van der Waals surface area contributed by atoms with Crippen LogP contribution in [0, 0.1) is 0 Å². The zero-order valence-electron chi connectivity index (χ0n) is 25.8. The first kappa shape index (κ1) is 34.3. The second-order valence-electron chi connectivity index (χ2n) is 11.6. The average Bonchev–Trinajstić information content (AvgIpc) is 3.26. The zero-order valence-corrected chi connectivity index (χ0v) is 27.4. The number of nitrogens with one attached hydrogen (secondary N) is 4. The predicted octanol–water partition coefficient (Wildman–Crippen LogP) is 2.78. The monoisotopic (exact) mass is 658 g/mol. The molecule has 3 atom stereocenters. The number of benzene rings is 2. The van der Waals surface area contributed by atoms with Crippen molar-refractivity contribution in [2.24, 2.45) is 4.99 Å². The van der Waals surface area contributed by atoms with Crippen LogP contribution in [0.5, 0.6) is 0 Å². The van der Waals surface area contributed by atoms with Crippen molar-refractivity contribution in [2.45, 2.75) is 80.0 Å². The third kappa shape index (κ3) is 8.98. The number of unbranched alkanes of at least 4 members (excludes halogenated alkanes) is 1. The zero-order chi connectivity index (χ0) is 32.6. The van der Waals surface area contributed by atoms with Gasteiger partial charge in [-0.15, -0.1) is 11.8 Å². The molecule has 0 spiro atoms. The van der Waals surface area contributed by atoms with Crippen molar-refractivity contribution in [3.8, 4) is 0 Å². The first-order valence-electron chi connectivity index (χ1n) is 15.1. The van der Waals surface area contributed by atoms with Crippen molar-refractivity contribution in [3.63, 3.8) is 0 Å². The molecule has 2 amide bonds. The van der Waals surface area contributed by atoms with Gasteiger partial charge in [-0.05, 0) is 69.9 Å². The number of aliphatic carboxylic acids is 1. The summed E-state index contributed by atoms with van der Waals surface area (Å²) in [7, 11) is -4.04. The van der Waals surface area contributed by atoms with Gasteiger partial charge in [0, 0.05) is 42.9 Å². The molecule has 2 aromatic carbocycles. The molecule has 2 aliphatic rings. The average molecular weight is 659 g/mol. The summed E-state index contributed by atoms with van der Waals surface area (Å²) in [5.74, 6) is -1.22. The van der Waals surface area contributed by atoms with Crippen molar-refractivity contribution in [3.05, 3.63) is 60.2 Å². The van der Waals surface area contributed by atoms with Crippen LogP contribution >= 0.6 is 11.8 Å². The number of anilines is 1. The Morgan fingerprint density at radius 3 is 2.47 bits per heavy atom. The number of carboxylic acid groups (broad SMARTS) is 1. The van der Waals surface area contributed by atoms with Gasteiger partial charge in [0.1, 0.15) is 12.1 Å². The molecule has 14 heteroatoms. The first-order valence-corrected chi connectivity index (χ1v) is 17.4. The molecule has 5 N–H and O–H groups in total. The van der Waals surface area contributed by atoms with Gasteiger partial charge in [-0.3, -0.25) is 14.6 Å². The smallest absolute Gasteiger partial charge is 0.326 e. The molecule has 2 heterocycles. The molecule has 0 aromatic heterocycles. The number of aliphatic imine (C=N–C) groups is 1. The fraction of sp³-hybridized carbons (Fsp3) is 0.484. The fourth-order valence-corrected chi connectivity index (χ4v) is 9.22. The highest BCUT2D eigenvalue weighted by Gasteiger charge is 2.55. The molecular formula is C31H42N6O6S2. The van der Waals surface area contributed by atoms with E-state index in [2.05, 4.69) is 26.3 Å². The number of hydrogen-bond donors (Lipinski definition) is 5. The Morgan fingerprint density at radius 2 is 1.82 bits per heavy atom. The second kappa shape index (κ2) is 15.1. The minimum atomic E-state index is -4.04. The third-order valence-electron chi connectivity index (χ3n) is 7.63. The maximum atomic E-state index is 13.6. The molecule has 0 radical (unpaired) electrons. The lowest BCUT2D eigenvalue weighted by molar-refractivity contribution is -0.142. The van der Waals surface area contributed by atoms with Crippen molar-refractivity contribution < 1.29 is 27.9 Å². The summed E-state index contributed by atoms with van der Waals surface area (Å²) >= 11 is 1.34. The quantitative estimate of drug-likeness (QED) is 0.203. The van der Waals surface area contributed by atoms with Gasteiger partial charge >= 0.3 is 5.97 Å². The van der Waals surface area contributed by atoms with E-state index in [1.165, 1.54) is 28.2 Å². The Morgan fingerprint density at radius 1 is 1.11 bits per heavy atom. The van der Waals surface area contributed by atoms with Gasteiger partial charge in [-0.25, -0.2) is 13.2 Å². The first-order chi connectivity index (χ1) is 21.4. The minimum absolute atomic E-state index is 0.0241. The molecule has 1 unspecified atom stereocenters. The van der Waals surface area contributed by atoms with E-state index in [1.54, 1.807) is 63.2 Å². The molecule has 45 heavy (non-hydrogen) atoms. The number of amides is 2. The van der Waals surface area contributed by atoms with E-state index in [0.717, 1.165) is 38.4 Å². The van der Waals surface area contributed by atoms with Crippen LogP contribution in [0.2, 0.25) is 0 Å². The van der Waals surface area contributed by atoms with Gasteiger partial charge in [-0.1, -0.05) is 30.3 Å². The van der Waals surface area contributed by atoms with Crippen LogP contribution in [0.1, 0.15) is 52.0 Å². The Balaban J connectivity index is 1.33. The van der Waals surface area contributed by atoms with Gasteiger partial charge in [0.15, 0.2) is 5.96 Å². The van der Waals surface area contributed by atoms with Crippen molar-refractivity contribution in [1.82, 2.24) is 20.3 Å². The Labute approximate surface area is 268 Å². The summed E-state index contributed by atoms with van der Waals surface area (Å²) in [5.41, 5.74) is 1.22. The summed E-state index contributed by atoms with van der Waals surface area (Å²) in [6.45, 7) is 7.74. The van der Waals surface area contributed by atoms with Crippen LogP contribution in [-0.2, 0) is 30.8 Å². The Kier molecular flexibility index (Phi) is 11.5. The number of carbonyl (C=O) groups excluding carboxylic acids is 2. The summed E-state index contributed by atoms with van der Waals surface area (Å²) in [4.78, 5) is 42.6. The van der Waals surface area contributed by atoms with E-state index in [1.807, 2.05) is 0 Å². The molecule has 2 aliphatic heterocycles. The highest BCUT2D eigenvalue weighted by Crippen LogP contribution is 2.46. The minimum Gasteiger partial charge on any atom is -0.480 e. The van der Waals surface area contributed by atoms with Crippen molar-refractivity contribution in [1.29, 1.82) is 0 Å². The number of carbonyl (C=O) groups is 3. The largest absolute Gasteiger partial charge is 0.480 e. The summed E-state index contributed by atoms with van der Waals surface area (Å²) in [6.07, 6.45) is 2.90.